The summed E-state index contributed by atoms with van der Waals surface area (Å²) in [6.07, 6.45) is 3.00. The molecule has 32 heavy (non-hydrogen) atoms. The molecule has 10 heteroatoms. The van der Waals surface area contributed by atoms with E-state index in [0.717, 1.165) is 19.6 Å². The molecule has 0 spiro atoms. The van der Waals surface area contributed by atoms with Crippen LogP contribution in [0.5, 0.6) is 0 Å². The van der Waals surface area contributed by atoms with Crippen LogP contribution in [0, 0.1) is 5.82 Å². The molecule has 1 amide bonds. The molecule has 2 aromatic heterocycles. The number of aromatic nitrogens is 4. The van der Waals surface area contributed by atoms with Gasteiger partial charge in [-0.15, -0.1) is 0 Å². The van der Waals surface area contributed by atoms with E-state index in [1.165, 1.54) is 30.3 Å². The van der Waals surface area contributed by atoms with Gasteiger partial charge in [0.2, 0.25) is 0 Å². The van der Waals surface area contributed by atoms with E-state index in [1.54, 1.807) is 24.3 Å². The lowest BCUT2D eigenvalue weighted by atomic mass is 10.1. The van der Waals surface area contributed by atoms with Gasteiger partial charge in [0.15, 0.2) is 0 Å². The zero-order chi connectivity index (χ0) is 22.3. The van der Waals surface area contributed by atoms with Crippen LogP contribution < -0.4 is 5.32 Å². The van der Waals surface area contributed by atoms with Crippen molar-refractivity contribution in [2.45, 2.75) is 6.61 Å². The second-order valence-corrected chi connectivity index (χ2v) is 7.28. The molecule has 0 bridgehead atoms. The molecule has 1 aliphatic heterocycles. The van der Waals surface area contributed by atoms with Gasteiger partial charge in [-0.3, -0.25) is 9.69 Å². The number of morpholine rings is 1. The van der Waals surface area contributed by atoms with Crippen LogP contribution in [0.2, 0.25) is 0 Å². The molecule has 168 valence electrons. The molecule has 3 heterocycles. The van der Waals surface area contributed by atoms with E-state index in [2.05, 4.69) is 25.3 Å². The molecule has 0 aliphatic carbocycles. The van der Waals surface area contributed by atoms with Crippen LogP contribution >= 0.6 is 0 Å². The van der Waals surface area contributed by atoms with Crippen molar-refractivity contribution in [1.29, 1.82) is 0 Å². The van der Waals surface area contributed by atoms with Crippen LogP contribution in [0.4, 0.5) is 4.39 Å². The SMILES string of the molecule is COCc1c(C(=O)NCCN2CCOCC2)cnn1-c1nccc(-c2ccccc2F)n1. The molecule has 3 aromatic rings. The van der Waals surface area contributed by atoms with Gasteiger partial charge in [0.05, 0.1) is 43.0 Å². The van der Waals surface area contributed by atoms with E-state index in [4.69, 9.17) is 9.47 Å². The number of methoxy groups -OCH3 is 1. The predicted octanol–water partition coefficient (Wildman–Crippen LogP) is 1.68. The second kappa shape index (κ2) is 10.4. The highest BCUT2D eigenvalue weighted by Crippen LogP contribution is 2.21. The smallest absolute Gasteiger partial charge is 0.254 e. The first kappa shape index (κ1) is 22.0. The van der Waals surface area contributed by atoms with E-state index < -0.39 is 0 Å². The summed E-state index contributed by atoms with van der Waals surface area (Å²) >= 11 is 0. The Hall–Kier alpha value is -3.21. The number of ether oxygens (including phenoxy) is 2. The maximum absolute atomic E-state index is 14.2. The van der Waals surface area contributed by atoms with Crippen molar-refractivity contribution in [2.75, 3.05) is 46.5 Å². The number of nitrogens with one attached hydrogen (secondary N) is 1. The third-order valence-electron chi connectivity index (χ3n) is 5.19. The summed E-state index contributed by atoms with van der Waals surface area (Å²) in [5.41, 5.74) is 1.68. The fraction of sp³-hybridized carbons (Fsp3) is 0.364. The monoisotopic (exact) mass is 440 g/mol. The molecule has 0 saturated carbocycles. The summed E-state index contributed by atoms with van der Waals surface area (Å²) in [5, 5.41) is 7.25. The molecule has 0 radical (unpaired) electrons. The van der Waals surface area contributed by atoms with Crippen molar-refractivity contribution in [3.05, 3.63) is 59.8 Å². The van der Waals surface area contributed by atoms with Gasteiger partial charge in [-0.1, -0.05) is 12.1 Å². The Morgan fingerprint density at radius 1 is 1.25 bits per heavy atom. The number of amides is 1. The lowest BCUT2D eigenvalue weighted by molar-refractivity contribution is 0.0383. The van der Waals surface area contributed by atoms with Gasteiger partial charge in [0.1, 0.15) is 5.82 Å². The Labute approximate surface area is 185 Å². The molecular weight excluding hydrogens is 415 g/mol. The maximum Gasteiger partial charge on any atom is 0.254 e. The van der Waals surface area contributed by atoms with Crippen LogP contribution in [-0.4, -0.2) is 77.1 Å². The van der Waals surface area contributed by atoms with Crippen molar-refractivity contribution in [2.24, 2.45) is 0 Å². The number of halogens is 1. The summed E-state index contributed by atoms with van der Waals surface area (Å²) < 4.78 is 26.3. The van der Waals surface area contributed by atoms with Gasteiger partial charge < -0.3 is 14.8 Å². The number of benzene rings is 1. The number of carbonyl (C=O) groups is 1. The molecule has 0 atom stereocenters. The first-order valence-corrected chi connectivity index (χ1v) is 10.4. The van der Waals surface area contributed by atoms with Crippen LogP contribution in [0.3, 0.4) is 0 Å². The van der Waals surface area contributed by atoms with E-state index in [9.17, 15) is 9.18 Å². The minimum atomic E-state index is -0.380. The Morgan fingerprint density at radius 2 is 2.06 bits per heavy atom. The minimum Gasteiger partial charge on any atom is -0.379 e. The predicted molar refractivity (Wildman–Crippen MR) is 115 cm³/mol. The Balaban J connectivity index is 1.53. The minimum absolute atomic E-state index is 0.138. The standard InChI is InChI=1S/C22H25FN6O3/c1-31-15-20-17(21(30)24-8-9-28-10-12-32-13-11-28)14-26-29(20)22-25-7-6-19(27-22)16-4-2-3-5-18(16)23/h2-7,14H,8-13,15H2,1H3,(H,24,30). The van der Waals surface area contributed by atoms with Crippen molar-refractivity contribution in [3.63, 3.8) is 0 Å². The van der Waals surface area contributed by atoms with Gasteiger partial charge in [0, 0.05) is 45.0 Å². The molecule has 1 N–H and O–H groups in total. The first-order chi connectivity index (χ1) is 15.7. The average Bonchev–Trinajstić information content (AvgIpc) is 3.24. The third kappa shape index (κ3) is 4.98. The summed E-state index contributed by atoms with van der Waals surface area (Å²) in [6.45, 7) is 4.54. The van der Waals surface area contributed by atoms with E-state index in [0.29, 0.717) is 42.3 Å². The van der Waals surface area contributed by atoms with Crippen LogP contribution in [0.15, 0.2) is 42.7 Å². The van der Waals surface area contributed by atoms with Crippen molar-refractivity contribution >= 4 is 5.91 Å². The van der Waals surface area contributed by atoms with Gasteiger partial charge >= 0.3 is 0 Å². The van der Waals surface area contributed by atoms with Crippen LogP contribution in [-0.2, 0) is 16.1 Å². The average molecular weight is 440 g/mol. The summed E-state index contributed by atoms with van der Waals surface area (Å²) in [5.74, 6) is -0.401. The highest BCUT2D eigenvalue weighted by Gasteiger charge is 2.20. The molecule has 4 rings (SSSR count). The number of carbonyl (C=O) groups excluding carboxylic acids is 1. The normalized spacial score (nSPS) is 14.4. The van der Waals surface area contributed by atoms with E-state index in [-0.39, 0.29) is 24.3 Å². The number of rotatable bonds is 8. The number of hydrogen-bond donors (Lipinski definition) is 1. The van der Waals surface area contributed by atoms with Gasteiger partial charge in [-0.2, -0.15) is 9.78 Å². The Bertz CT molecular complexity index is 1070. The Kier molecular flexibility index (Phi) is 7.15. The summed E-state index contributed by atoms with van der Waals surface area (Å²) in [4.78, 5) is 23.8. The lowest BCUT2D eigenvalue weighted by Crippen LogP contribution is -2.41. The topological polar surface area (TPSA) is 94.4 Å². The Morgan fingerprint density at radius 3 is 2.84 bits per heavy atom. The van der Waals surface area contributed by atoms with E-state index in [1.807, 2.05) is 0 Å². The van der Waals surface area contributed by atoms with Crippen LogP contribution in [0.1, 0.15) is 16.1 Å². The van der Waals surface area contributed by atoms with Crippen LogP contribution in [0.25, 0.3) is 17.2 Å². The summed E-state index contributed by atoms with van der Waals surface area (Å²) in [7, 11) is 1.54. The maximum atomic E-state index is 14.2. The quantitative estimate of drug-likeness (QED) is 0.570. The molecule has 1 fully saturated rings. The van der Waals surface area contributed by atoms with Gasteiger partial charge in [0.25, 0.3) is 11.9 Å². The second-order valence-electron chi connectivity index (χ2n) is 7.28. The fourth-order valence-electron chi connectivity index (χ4n) is 3.53. The molecule has 9 nitrogen and oxygen atoms in total. The van der Waals surface area contributed by atoms with Gasteiger partial charge in [-0.25, -0.2) is 14.4 Å². The van der Waals surface area contributed by atoms with Crippen molar-refractivity contribution in [1.82, 2.24) is 30.0 Å². The highest BCUT2D eigenvalue weighted by atomic mass is 19.1. The van der Waals surface area contributed by atoms with Crippen molar-refractivity contribution in [3.8, 4) is 17.2 Å². The molecule has 1 saturated heterocycles. The van der Waals surface area contributed by atoms with Crippen molar-refractivity contribution < 1.29 is 18.7 Å². The zero-order valence-corrected chi connectivity index (χ0v) is 17.8. The molecule has 1 aromatic carbocycles. The summed E-state index contributed by atoms with van der Waals surface area (Å²) in [6, 6.07) is 8.01. The number of hydrogen-bond acceptors (Lipinski definition) is 7. The largest absolute Gasteiger partial charge is 0.379 e. The molecular formula is C22H25FN6O3. The fourth-order valence-corrected chi connectivity index (χ4v) is 3.53. The molecule has 1 aliphatic rings. The number of nitrogens with zero attached hydrogens (tertiary/aromatic N) is 5. The van der Waals surface area contributed by atoms with Gasteiger partial charge in [-0.05, 0) is 18.2 Å². The zero-order valence-electron chi connectivity index (χ0n) is 17.8. The molecule has 0 unspecified atom stereocenters. The lowest BCUT2D eigenvalue weighted by Gasteiger charge is -2.26. The van der Waals surface area contributed by atoms with E-state index >= 15 is 0 Å². The third-order valence-corrected chi connectivity index (χ3v) is 5.19. The highest BCUT2D eigenvalue weighted by molar-refractivity contribution is 5.95. The first-order valence-electron chi connectivity index (χ1n) is 10.4.